The molecule has 6 unspecified atom stereocenters. The van der Waals surface area contributed by atoms with Crippen molar-refractivity contribution in [1.29, 1.82) is 0 Å². The molecule has 0 N–H and O–H groups in total. The molecule has 12 rings (SSSR count). The molecule has 0 saturated carbocycles. The molecule has 0 radical (unpaired) electrons. The molecule has 2 aromatic heterocycles. The standard InChI is InChI=1S/C33H49N2P2.C5H5.Fe/c1-29(2,3)25-21-24(33(36,26-17-13-15-19-34-26)27-18-14-16-20-35-27)23(28(25)30(4,5)6)22-37(31(7,8)9)32(10,11)12;1-2-4-5-3-1;/h13-21H,22,36H2,1-12H3;1-5H;. The van der Waals surface area contributed by atoms with E-state index in [9.17, 15) is 0 Å². The second-order valence-corrected chi connectivity index (χ2v) is 50.1. The van der Waals surface area contributed by atoms with Crippen molar-refractivity contribution in [1.82, 2.24) is 9.97 Å². The molecule has 10 saturated heterocycles. The van der Waals surface area contributed by atoms with Gasteiger partial charge in [0.15, 0.2) is 0 Å². The van der Waals surface area contributed by atoms with Crippen LogP contribution in [0.4, 0.5) is 0 Å². The molecule has 0 aliphatic carbocycles. The molecule has 5 heteroatoms. The Bertz CT molecular complexity index is 2060. The molecular formula is C38H54FeN2P2. The Hall–Kier alpha value is -0.321. The van der Waals surface area contributed by atoms with Crippen LogP contribution in [0.5, 0.6) is 0 Å². The summed E-state index contributed by atoms with van der Waals surface area (Å²) in [6.45, 7) is 27.6. The van der Waals surface area contributed by atoms with Crippen LogP contribution in [0.25, 0.3) is 0 Å². The molecule has 234 valence electrons. The van der Waals surface area contributed by atoms with Gasteiger partial charge in [-0.2, -0.15) is 0 Å². The Labute approximate surface area is 254 Å². The maximum absolute atomic E-state index is 5.36. The number of pyridine rings is 2. The average Bonchev–Trinajstić information content (AvgIpc) is 3.84. The van der Waals surface area contributed by atoms with Crippen molar-refractivity contribution < 1.29 is 6.51 Å². The zero-order valence-corrected chi connectivity index (χ0v) is 31.7. The van der Waals surface area contributed by atoms with E-state index in [0.717, 1.165) is 28.9 Å². The Balaban J connectivity index is 1.29. The molecule has 10 aliphatic heterocycles. The molecule has 12 heterocycles. The number of aromatic nitrogens is 2. The van der Waals surface area contributed by atoms with E-state index < -0.39 is 6.51 Å². The van der Waals surface area contributed by atoms with Gasteiger partial charge in [-0.25, -0.2) is 0 Å². The second-order valence-electron chi connectivity index (χ2n) is 22.7. The molecule has 10 aliphatic rings. The van der Waals surface area contributed by atoms with Crippen LogP contribution in [0.2, 0.25) is 46.2 Å². The van der Waals surface area contributed by atoms with E-state index in [1.807, 2.05) is 0 Å². The van der Waals surface area contributed by atoms with Gasteiger partial charge in [-0.15, -0.1) is 0 Å². The van der Waals surface area contributed by atoms with Gasteiger partial charge in [0.1, 0.15) is 0 Å². The second kappa shape index (κ2) is 3.69. The minimum absolute atomic E-state index is 0.187. The van der Waals surface area contributed by atoms with Crippen molar-refractivity contribution in [3.05, 3.63) is 60.2 Å². The van der Waals surface area contributed by atoms with E-state index in [2.05, 4.69) is 141 Å². The Morgan fingerprint density at radius 2 is 1.12 bits per heavy atom. The Morgan fingerprint density at radius 1 is 0.674 bits per heavy atom. The number of hydrogen-bond donors (Lipinski definition) is 0. The Morgan fingerprint density at radius 3 is 1.42 bits per heavy atom. The van der Waals surface area contributed by atoms with Crippen molar-refractivity contribution in [2.24, 2.45) is 10.8 Å². The summed E-state index contributed by atoms with van der Waals surface area (Å²) in [6, 6.07) is 13.6. The van der Waals surface area contributed by atoms with Gasteiger partial charge in [0, 0.05) is 0 Å². The van der Waals surface area contributed by atoms with Crippen molar-refractivity contribution in [3.8, 4) is 0 Å². The van der Waals surface area contributed by atoms with E-state index in [-0.39, 0.29) is 13.1 Å². The first kappa shape index (κ1) is 25.7. The van der Waals surface area contributed by atoms with Crippen LogP contribution < -0.4 is 0 Å². The van der Waals surface area contributed by atoms with Gasteiger partial charge in [0.2, 0.25) is 0 Å². The van der Waals surface area contributed by atoms with Gasteiger partial charge in [-0.05, 0) is 0 Å². The van der Waals surface area contributed by atoms with Crippen molar-refractivity contribution in [2.45, 2.75) is 145 Å². The number of fused-ring (bicyclic) bond motifs is 10. The van der Waals surface area contributed by atoms with E-state index in [4.69, 9.17) is 9.97 Å². The topological polar surface area (TPSA) is 25.8 Å². The number of hydrogen-bond acceptors (Lipinski definition) is 2. The normalized spacial score (nSPS) is 61.6. The van der Waals surface area contributed by atoms with Gasteiger partial charge >= 0.3 is 256 Å². The predicted molar refractivity (Wildman–Crippen MR) is 182 cm³/mol. The van der Waals surface area contributed by atoms with Crippen LogP contribution in [-0.4, -0.2) is 26.4 Å². The molecule has 0 bridgehead atoms. The van der Waals surface area contributed by atoms with Crippen molar-refractivity contribution >= 4 is 17.2 Å². The molecule has 0 aromatic carbocycles. The Kier molecular flexibility index (Phi) is 2.21. The summed E-state index contributed by atoms with van der Waals surface area (Å²) in [5.74, 6) is 0. The predicted octanol–water partition coefficient (Wildman–Crippen LogP) is 11.6. The van der Waals surface area contributed by atoms with Crippen LogP contribution in [0.15, 0.2) is 48.8 Å². The van der Waals surface area contributed by atoms with Crippen LogP contribution in [0.3, 0.4) is 0 Å². The first-order valence-corrected chi connectivity index (χ1v) is 25.3. The van der Waals surface area contributed by atoms with Crippen LogP contribution in [0, 0.1) is 10.8 Å². The number of rotatable bonds is 5. The van der Waals surface area contributed by atoms with Crippen molar-refractivity contribution in [2.75, 3.05) is 6.16 Å². The average molecular weight is 657 g/mol. The molecule has 10 fully saturated rings. The summed E-state index contributed by atoms with van der Waals surface area (Å²) >= 11 is 0. The quantitative estimate of drug-likeness (QED) is 0.236. The summed E-state index contributed by atoms with van der Waals surface area (Å²) < 4.78 is 2.18. The summed E-state index contributed by atoms with van der Waals surface area (Å²) in [5.41, 5.74) is 3.35. The van der Waals surface area contributed by atoms with E-state index in [1.165, 1.54) is 17.5 Å². The summed E-state index contributed by atoms with van der Waals surface area (Å²) in [4.78, 5) is 17.4. The molecular weight excluding hydrogens is 602 g/mol. The first-order chi connectivity index (χ1) is 19.5. The fourth-order valence-electron chi connectivity index (χ4n) is 27.3. The molecule has 6 atom stereocenters. The fraction of sp³-hybridized carbons (Fsp3) is 0.737. The van der Waals surface area contributed by atoms with E-state index in [0.29, 0.717) is 38.4 Å². The van der Waals surface area contributed by atoms with Crippen LogP contribution >= 0.6 is 17.2 Å². The summed E-state index contributed by atoms with van der Waals surface area (Å²) in [5, 5.41) is 0.486. The van der Waals surface area contributed by atoms with Gasteiger partial charge < -0.3 is 0 Å². The van der Waals surface area contributed by atoms with Gasteiger partial charge in [0.25, 0.3) is 0 Å². The molecule has 0 amide bonds. The molecule has 43 heavy (non-hydrogen) atoms. The van der Waals surface area contributed by atoms with Gasteiger partial charge in [0.05, 0.1) is 0 Å². The molecule has 2 nitrogen and oxygen atoms in total. The number of nitrogens with zero attached hydrogens (tertiary/aromatic N) is 2. The van der Waals surface area contributed by atoms with E-state index in [1.54, 1.807) is 0 Å². The van der Waals surface area contributed by atoms with Crippen LogP contribution in [-0.2, 0) is 11.7 Å². The fourth-order valence-corrected chi connectivity index (χ4v) is 124. The molecule has 1 spiro atoms. The van der Waals surface area contributed by atoms with Gasteiger partial charge in [-0.1, -0.05) is 0 Å². The van der Waals surface area contributed by atoms with Crippen molar-refractivity contribution in [3.63, 3.8) is 0 Å². The van der Waals surface area contributed by atoms with Gasteiger partial charge in [-0.3, -0.25) is 0 Å². The zero-order valence-electron chi connectivity index (χ0n) is 28.6. The zero-order chi connectivity index (χ0) is 30.8. The third-order valence-electron chi connectivity index (χ3n) is 22.3. The first-order valence-electron chi connectivity index (χ1n) is 17.1. The van der Waals surface area contributed by atoms with E-state index >= 15 is 0 Å². The summed E-state index contributed by atoms with van der Waals surface area (Å²) in [7, 11) is 3.47. The minimum atomic E-state index is -4.60. The molecule has 2 aromatic rings. The maximum atomic E-state index is 5.36. The summed E-state index contributed by atoms with van der Waals surface area (Å²) in [6.07, 6.45) is 5.71. The monoisotopic (exact) mass is 656 g/mol. The third-order valence-corrected chi connectivity index (χ3v) is 73.3. The van der Waals surface area contributed by atoms with Crippen LogP contribution in [0.1, 0.15) is 94.5 Å². The SMILES string of the molecule is CC(C)(C)P(C[C]12[C]3(C(P)(c4ccccn4)c4ccccn4)[CH]4[C]5(C(C)(C)C)[C]1(C(C)(C)C)[Fe]42351678[CH]2[CH]1[CH]6[CH]7[CH]28)C(C)(C)C. The third kappa shape index (κ3) is 0.615.